The summed E-state index contributed by atoms with van der Waals surface area (Å²) in [6.07, 6.45) is 1.29. The molecule has 0 aromatic rings. The van der Waals surface area contributed by atoms with E-state index in [1.807, 2.05) is 0 Å². The molecule has 5 nitrogen and oxygen atoms in total. The molecule has 1 rings (SSSR count). The molecule has 0 saturated carbocycles. The molecule has 0 bridgehead atoms. The van der Waals surface area contributed by atoms with E-state index in [-0.39, 0.29) is 5.16 Å². The molecule has 1 heterocycles. The number of hydrogen-bond donors (Lipinski definition) is 3. The van der Waals surface area contributed by atoms with Crippen molar-refractivity contribution in [1.82, 2.24) is 15.9 Å². The smallest absolute Gasteiger partial charge is 0.310 e. The SMILES string of the molecule is NN1NC(=O)NC=C1Cl. The van der Waals surface area contributed by atoms with Gasteiger partial charge in [0.05, 0.1) is 0 Å². The zero-order chi connectivity index (χ0) is 6.85. The molecule has 2 amide bonds. The lowest BCUT2D eigenvalue weighted by Gasteiger charge is -2.21. The molecule has 1 aliphatic rings. The van der Waals surface area contributed by atoms with Gasteiger partial charge in [-0.3, -0.25) is 0 Å². The van der Waals surface area contributed by atoms with Gasteiger partial charge in [0.2, 0.25) is 0 Å². The summed E-state index contributed by atoms with van der Waals surface area (Å²) < 4.78 is 0. The third-order valence-electron chi connectivity index (χ3n) is 0.775. The highest BCUT2D eigenvalue weighted by molar-refractivity contribution is 6.29. The van der Waals surface area contributed by atoms with E-state index in [1.54, 1.807) is 0 Å². The number of nitrogens with one attached hydrogen (secondary N) is 2. The third-order valence-corrected chi connectivity index (χ3v) is 1.07. The fraction of sp³-hybridized carbons (Fsp3) is 0. The van der Waals surface area contributed by atoms with Crippen LogP contribution in [0.1, 0.15) is 0 Å². The Bertz CT molecular complexity index is 167. The van der Waals surface area contributed by atoms with Crippen LogP contribution in [-0.4, -0.2) is 11.1 Å². The number of carbonyl (C=O) groups is 1. The molecular formula is C3H5ClN4O. The maximum atomic E-state index is 10.4. The molecule has 0 saturated heterocycles. The van der Waals surface area contributed by atoms with Crippen LogP contribution in [0.15, 0.2) is 11.4 Å². The lowest BCUT2D eigenvalue weighted by Crippen LogP contribution is -2.52. The number of urea groups is 1. The standard InChI is InChI=1S/C3H5ClN4O/c4-2-1-6-3(9)7-8(2)5/h1H,5H2,(H2,6,7,9). The first-order chi connectivity index (χ1) is 4.20. The van der Waals surface area contributed by atoms with Gasteiger partial charge < -0.3 is 5.32 Å². The van der Waals surface area contributed by atoms with Gasteiger partial charge in [0.15, 0.2) is 5.16 Å². The van der Waals surface area contributed by atoms with Gasteiger partial charge in [-0.15, -0.1) is 0 Å². The topological polar surface area (TPSA) is 70.4 Å². The quantitative estimate of drug-likeness (QED) is 0.318. The normalized spacial score (nSPS) is 18.2. The Kier molecular flexibility index (Phi) is 1.46. The molecule has 0 unspecified atom stereocenters. The van der Waals surface area contributed by atoms with Crippen LogP contribution in [0.4, 0.5) is 4.79 Å². The number of halogens is 1. The Morgan fingerprint density at radius 1 is 1.78 bits per heavy atom. The van der Waals surface area contributed by atoms with E-state index in [1.165, 1.54) is 6.20 Å². The molecule has 0 aromatic heterocycles. The van der Waals surface area contributed by atoms with E-state index in [4.69, 9.17) is 17.4 Å². The minimum absolute atomic E-state index is 0.231. The Labute approximate surface area is 56.4 Å². The number of hydrazine groups is 2. The minimum atomic E-state index is -0.401. The molecule has 0 aromatic carbocycles. The Morgan fingerprint density at radius 2 is 2.44 bits per heavy atom. The van der Waals surface area contributed by atoms with E-state index in [2.05, 4.69) is 10.7 Å². The zero-order valence-electron chi connectivity index (χ0n) is 4.39. The van der Waals surface area contributed by atoms with Crippen LogP contribution < -0.4 is 16.6 Å². The van der Waals surface area contributed by atoms with Crippen LogP contribution in [-0.2, 0) is 0 Å². The number of rotatable bonds is 0. The van der Waals surface area contributed by atoms with E-state index < -0.39 is 6.03 Å². The molecule has 50 valence electrons. The number of amides is 2. The maximum Gasteiger partial charge on any atom is 0.338 e. The first-order valence-corrected chi connectivity index (χ1v) is 2.55. The van der Waals surface area contributed by atoms with Crippen molar-refractivity contribution in [2.45, 2.75) is 0 Å². The third kappa shape index (κ3) is 1.24. The van der Waals surface area contributed by atoms with Gasteiger partial charge in [-0.05, 0) is 0 Å². The van der Waals surface area contributed by atoms with Crippen LogP contribution in [0, 0.1) is 0 Å². The summed E-state index contributed by atoms with van der Waals surface area (Å²) in [5.41, 5.74) is 2.19. The molecule has 0 fully saturated rings. The first kappa shape index (κ1) is 6.18. The molecule has 9 heavy (non-hydrogen) atoms. The average molecular weight is 149 g/mol. The number of nitrogens with two attached hydrogens (primary N) is 1. The molecule has 0 spiro atoms. The summed E-state index contributed by atoms with van der Waals surface area (Å²) in [5.74, 6) is 5.13. The molecule has 1 aliphatic heterocycles. The monoisotopic (exact) mass is 148 g/mol. The molecule has 0 radical (unpaired) electrons. The van der Waals surface area contributed by atoms with Gasteiger partial charge in [0.25, 0.3) is 0 Å². The van der Waals surface area contributed by atoms with Gasteiger partial charge in [0, 0.05) is 6.20 Å². The highest BCUT2D eigenvalue weighted by Crippen LogP contribution is 2.02. The molecule has 0 atom stereocenters. The number of carbonyl (C=O) groups excluding carboxylic acids is 1. The average Bonchev–Trinajstić information content (AvgIpc) is 1.80. The van der Waals surface area contributed by atoms with E-state index >= 15 is 0 Å². The Balaban J connectivity index is 2.67. The van der Waals surface area contributed by atoms with Crippen molar-refractivity contribution in [3.63, 3.8) is 0 Å². The van der Waals surface area contributed by atoms with Gasteiger partial charge >= 0.3 is 6.03 Å². The predicted molar refractivity (Wildman–Crippen MR) is 31.6 cm³/mol. The summed E-state index contributed by atoms with van der Waals surface area (Å²) in [6, 6.07) is -0.401. The van der Waals surface area contributed by atoms with E-state index in [9.17, 15) is 4.79 Å². The van der Waals surface area contributed by atoms with Crippen molar-refractivity contribution in [2.24, 2.45) is 5.84 Å². The lowest BCUT2D eigenvalue weighted by atomic mass is 10.8. The molecule has 4 N–H and O–H groups in total. The second kappa shape index (κ2) is 2.12. The van der Waals surface area contributed by atoms with Crippen molar-refractivity contribution in [3.8, 4) is 0 Å². The highest BCUT2D eigenvalue weighted by atomic mass is 35.5. The van der Waals surface area contributed by atoms with Crippen molar-refractivity contribution in [2.75, 3.05) is 0 Å². The summed E-state index contributed by atoms with van der Waals surface area (Å²) in [4.78, 5) is 10.4. The molecule has 0 aliphatic carbocycles. The largest absolute Gasteiger partial charge is 0.338 e. The van der Waals surface area contributed by atoms with Crippen LogP contribution >= 0.6 is 11.6 Å². The maximum absolute atomic E-state index is 10.4. The summed E-state index contributed by atoms with van der Waals surface area (Å²) in [6.45, 7) is 0. The van der Waals surface area contributed by atoms with Gasteiger partial charge in [-0.1, -0.05) is 11.6 Å². The van der Waals surface area contributed by atoms with Gasteiger partial charge in [0.1, 0.15) is 0 Å². The van der Waals surface area contributed by atoms with Crippen LogP contribution in [0.5, 0.6) is 0 Å². The fourth-order valence-corrected chi connectivity index (χ4v) is 0.487. The second-order valence-electron chi connectivity index (χ2n) is 1.42. The minimum Gasteiger partial charge on any atom is -0.310 e. The number of hydrogen-bond acceptors (Lipinski definition) is 3. The second-order valence-corrected chi connectivity index (χ2v) is 1.81. The van der Waals surface area contributed by atoms with Gasteiger partial charge in [-0.2, -0.15) is 0 Å². The predicted octanol–water partition coefficient (Wildman–Crippen LogP) is -0.572. The highest BCUT2D eigenvalue weighted by Gasteiger charge is 2.10. The Hall–Kier alpha value is -0.940. The van der Waals surface area contributed by atoms with Crippen LogP contribution in [0.25, 0.3) is 0 Å². The van der Waals surface area contributed by atoms with Gasteiger partial charge in [-0.25, -0.2) is 21.2 Å². The van der Waals surface area contributed by atoms with Crippen molar-refractivity contribution in [3.05, 3.63) is 11.4 Å². The van der Waals surface area contributed by atoms with Crippen LogP contribution in [0.2, 0.25) is 0 Å². The van der Waals surface area contributed by atoms with Crippen molar-refractivity contribution < 1.29 is 4.79 Å². The van der Waals surface area contributed by atoms with E-state index in [0.717, 1.165) is 5.12 Å². The van der Waals surface area contributed by atoms with Crippen LogP contribution in [0.3, 0.4) is 0 Å². The molecular weight excluding hydrogens is 144 g/mol. The van der Waals surface area contributed by atoms with Crippen molar-refractivity contribution in [1.29, 1.82) is 0 Å². The summed E-state index contributed by atoms with van der Waals surface area (Å²) in [5, 5.41) is 3.44. The fourth-order valence-electron chi connectivity index (χ4n) is 0.390. The zero-order valence-corrected chi connectivity index (χ0v) is 5.14. The summed E-state index contributed by atoms with van der Waals surface area (Å²) in [7, 11) is 0. The lowest BCUT2D eigenvalue weighted by molar-refractivity contribution is 0.204. The Morgan fingerprint density at radius 3 is 2.89 bits per heavy atom. The summed E-state index contributed by atoms with van der Waals surface area (Å²) >= 11 is 5.42. The molecule has 6 heteroatoms. The van der Waals surface area contributed by atoms with Crippen molar-refractivity contribution >= 4 is 17.6 Å². The first-order valence-electron chi connectivity index (χ1n) is 2.18. The number of nitrogens with zero attached hydrogens (tertiary/aromatic N) is 1. The van der Waals surface area contributed by atoms with E-state index in [0.29, 0.717) is 0 Å².